The minimum absolute atomic E-state index is 0.147. The van der Waals surface area contributed by atoms with Crippen LogP contribution in [0, 0.1) is 5.92 Å². The fourth-order valence-electron chi connectivity index (χ4n) is 3.93. The van der Waals surface area contributed by atoms with Crippen molar-refractivity contribution in [2.45, 2.75) is 64.4 Å². The van der Waals surface area contributed by atoms with Crippen LogP contribution in [0.5, 0.6) is 11.5 Å². The van der Waals surface area contributed by atoms with Gasteiger partial charge in [0.25, 0.3) is 0 Å². The number of fused-ring (bicyclic) bond motifs is 1. The highest BCUT2D eigenvalue weighted by molar-refractivity contribution is 5.39. The van der Waals surface area contributed by atoms with Gasteiger partial charge in [0, 0.05) is 6.42 Å². The summed E-state index contributed by atoms with van der Waals surface area (Å²) < 4.78 is 11.6. The fourth-order valence-corrected chi connectivity index (χ4v) is 3.93. The molecule has 2 heteroatoms. The Morgan fingerprint density at radius 1 is 1.00 bits per heavy atom. The molecule has 0 saturated heterocycles. The van der Waals surface area contributed by atoms with Crippen molar-refractivity contribution in [1.29, 1.82) is 0 Å². The number of benzene rings is 2. The zero-order chi connectivity index (χ0) is 18.2. The molecule has 2 aliphatic rings. The molecular formula is C24H32O2. The van der Waals surface area contributed by atoms with Gasteiger partial charge in [-0.05, 0) is 61.8 Å². The summed E-state index contributed by atoms with van der Waals surface area (Å²) in [4.78, 5) is 0. The lowest BCUT2D eigenvalue weighted by molar-refractivity contribution is 0.0762. The van der Waals surface area contributed by atoms with Gasteiger partial charge in [0.15, 0.2) is 0 Å². The number of ether oxygens (including phenoxy) is 2. The van der Waals surface area contributed by atoms with Crippen LogP contribution in [0.15, 0.2) is 54.6 Å². The van der Waals surface area contributed by atoms with Crippen LogP contribution in [0.25, 0.3) is 0 Å². The lowest BCUT2D eigenvalue weighted by Crippen LogP contribution is -2.33. The van der Waals surface area contributed by atoms with Crippen molar-refractivity contribution in [3.8, 4) is 11.5 Å². The maximum absolute atomic E-state index is 6.26. The first-order valence-electron chi connectivity index (χ1n) is 10.2. The maximum Gasteiger partial charge on any atom is 0.123 e. The fraction of sp³-hybridized carbons (Fsp3) is 0.500. The molecule has 140 valence electrons. The summed E-state index contributed by atoms with van der Waals surface area (Å²) in [6.45, 7) is 5.29. The third-order valence-corrected chi connectivity index (χ3v) is 5.45. The Labute approximate surface area is 158 Å². The van der Waals surface area contributed by atoms with Gasteiger partial charge < -0.3 is 9.47 Å². The predicted octanol–water partition coefficient (Wildman–Crippen LogP) is 6.44. The van der Waals surface area contributed by atoms with E-state index in [0.29, 0.717) is 0 Å². The molecule has 1 spiro atoms. The molecule has 2 unspecified atom stereocenters. The van der Waals surface area contributed by atoms with Gasteiger partial charge in [-0.2, -0.15) is 0 Å². The number of hydrogen-bond acceptors (Lipinski definition) is 2. The predicted molar refractivity (Wildman–Crippen MR) is 108 cm³/mol. The molecule has 0 bridgehead atoms. The normalized spacial score (nSPS) is 24.0. The smallest absolute Gasteiger partial charge is 0.123 e. The van der Waals surface area contributed by atoms with Crippen LogP contribution >= 0.6 is 0 Å². The van der Waals surface area contributed by atoms with Gasteiger partial charge in [-0.1, -0.05) is 56.7 Å². The van der Waals surface area contributed by atoms with E-state index < -0.39 is 0 Å². The second-order valence-electron chi connectivity index (χ2n) is 7.77. The van der Waals surface area contributed by atoms with Crippen molar-refractivity contribution >= 4 is 0 Å². The van der Waals surface area contributed by atoms with Crippen LogP contribution < -0.4 is 9.47 Å². The van der Waals surface area contributed by atoms with E-state index in [-0.39, 0.29) is 5.60 Å². The molecule has 2 aromatic carbocycles. The molecule has 1 saturated carbocycles. The number of para-hydroxylation sites is 2. The van der Waals surface area contributed by atoms with Crippen molar-refractivity contribution in [3.63, 3.8) is 0 Å². The topological polar surface area (TPSA) is 18.5 Å². The standard InChI is InChI=1S/C15H20O.C9H12O/c1-12-5-4-9-15(10-8-12)11-13-6-2-3-7-14(13)16-15;1-2-8-10-9-6-4-3-5-7-9/h2-3,6-7,12H,4-5,8-11H2,1H3;3-7H,2,8H2,1H3. The molecule has 0 amide bonds. The molecule has 1 fully saturated rings. The van der Waals surface area contributed by atoms with E-state index in [1.165, 1.54) is 37.7 Å². The molecule has 1 aliphatic carbocycles. The van der Waals surface area contributed by atoms with Crippen molar-refractivity contribution < 1.29 is 9.47 Å². The van der Waals surface area contributed by atoms with Gasteiger partial charge in [-0.25, -0.2) is 0 Å². The average molecular weight is 353 g/mol. The highest BCUT2D eigenvalue weighted by Gasteiger charge is 2.39. The van der Waals surface area contributed by atoms with Crippen molar-refractivity contribution in [3.05, 3.63) is 60.2 Å². The number of rotatable bonds is 3. The summed E-state index contributed by atoms with van der Waals surface area (Å²) in [5.41, 5.74) is 1.56. The van der Waals surface area contributed by atoms with Crippen LogP contribution in [0.2, 0.25) is 0 Å². The van der Waals surface area contributed by atoms with E-state index in [9.17, 15) is 0 Å². The molecule has 2 aromatic rings. The Bertz CT molecular complexity index is 640. The van der Waals surface area contributed by atoms with Crippen LogP contribution in [0.3, 0.4) is 0 Å². The molecule has 0 N–H and O–H groups in total. The summed E-state index contributed by atoms with van der Waals surface area (Å²) in [7, 11) is 0. The Morgan fingerprint density at radius 3 is 2.54 bits per heavy atom. The maximum atomic E-state index is 6.26. The van der Waals surface area contributed by atoms with Gasteiger partial charge in [0.05, 0.1) is 6.61 Å². The van der Waals surface area contributed by atoms with Crippen LogP contribution in [0.4, 0.5) is 0 Å². The van der Waals surface area contributed by atoms with E-state index in [0.717, 1.165) is 36.9 Å². The minimum Gasteiger partial charge on any atom is -0.494 e. The summed E-state index contributed by atoms with van der Waals surface area (Å²) in [6, 6.07) is 18.4. The average Bonchev–Trinajstić information content (AvgIpc) is 2.95. The van der Waals surface area contributed by atoms with Crippen molar-refractivity contribution in [2.24, 2.45) is 5.92 Å². The lowest BCUT2D eigenvalue weighted by atomic mass is 9.89. The van der Waals surface area contributed by atoms with Crippen LogP contribution in [-0.2, 0) is 6.42 Å². The lowest BCUT2D eigenvalue weighted by Gasteiger charge is -2.27. The summed E-state index contributed by atoms with van der Waals surface area (Å²) >= 11 is 0. The quantitative estimate of drug-likeness (QED) is 0.633. The van der Waals surface area contributed by atoms with Gasteiger partial charge in [-0.15, -0.1) is 0 Å². The zero-order valence-electron chi connectivity index (χ0n) is 16.2. The monoisotopic (exact) mass is 352 g/mol. The summed E-state index contributed by atoms with van der Waals surface area (Å²) in [6.07, 6.45) is 8.71. The molecule has 2 nitrogen and oxygen atoms in total. The van der Waals surface area contributed by atoms with E-state index in [1.807, 2.05) is 30.3 Å². The second-order valence-corrected chi connectivity index (χ2v) is 7.77. The van der Waals surface area contributed by atoms with Crippen molar-refractivity contribution in [2.75, 3.05) is 6.61 Å². The third-order valence-electron chi connectivity index (χ3n) is 5.45. The van der Waals surface area contributed by atoms with Gasteiger partial charge >= 0.3 is 0 Å². The first-order valence-corrected chi connectivity index (χ1v) is 10.2. The molecule has 4 rings (SSSR count). The molecule has 0 aromatic heterocycles. The Morgan fingerprint density at radius 2 is 1.77 bits per heavy atom. The Hall–Kier alpha value is -1.96. The third kappa shape index (κ3) is 5.03. The van der Waals surface area contributed by atoms with Gasteiger partial charge in [0.1, 0.15) is 17.1 Å². The van der Waals surface area contributed by atoms with E-state index in [1.54, 1.807) is 0 Å². The molecule has 2 atom stereocenters. The van der Waals surface area contributed by atoms with E-state index in [2.05, 4.69) is 38.1 Å². The highest BCUT2D eigenvalue weighted by atomic mass is 16.5. The number of hydrogen-bond donors (Lipinski definition) is 0. The largest absolute Gasteiger partial charge is 0.494 e. The molecule has 1 aliphatic heterocycles. The van der Waals surface area contributed by atoms with Crippen LogP contribution in [-0.4, -0.2) is 12.2 Å². The minimum atomic E-state index is 0.147. The Kier molecular flexibility index (Phi) is 6.60. The van der Waals surface area contributed by atoms with E-state index in [4.69, 9.17) is 9.47 Å². The molecular weight excluding hydrogens is 320 g/mol. The SMILES string of the molecule is CC1CCCC2(CC1)Cc1ccccc1O2.CCCOc1ccccc1. The summed E-state index contributed by atoms with van der Waals surface area (Å²) in [5.74, 6) is 2.98. The van der Waals surface area contributed by atoms with Gasteiger partial charge in [0.2, 0.25) is 0 Å². The summed E-state index contributed by atoms with van der Waals surface area (Å²) in [5, 5.41) is 0. The Balaban J connectivity index is 0.000000170. The first-order chi connectivity index (χ1) is 12.7. The first kappa shape index (κ1) is 18.8. The second kappa shape index (κ2) is 9.12. The zero-order valence-corrected chi connectivity index (χ0v) is 16.2. The van der Waals surface area contributed by atoms with Crippen LogP contribution in [0.1, 0.15) is 57.9 Å². The highest BCUT2D eigenvalue weighted by Crippen LogP contribution is 2.43. The molecule has 1 heterocycles. The molecule has 26 heavy (non-hydrogen) atoms. The molecule has 0 radical (unpaired) electrons. The van der Waals surface area contributed by atoms with Gasteiger partial charge in [-0.3, -0.25) is 0 Å². The van der Waals surface area contributed by atoms with E-state index >= 15 is 0 Å². The van der Waals surface area contributed by atoms with Crippen molar-refractivity contribution in [1.82, 2.24) is 0 Å².